The van der Waals surface area contributed by atoms with Gasteiger partial charge in [-0.3, -0.25) is 14.7 Å². The lowest BCUT2D eigenvalue weighted by molar-refractivity contribution is -0.116. The lowest BCUT2D eigenvalue weighted by atomic mass is 9.82. The van der Waals surface area contributed by atoms with Crippen LogP contribution in [0.25, 0.3) is 6.08 Å². The van der Waals surface area contributed by atoms with Gasteiger partial charge in [-0.15, -0.1) is 0 Å². The molecule has 2 aromatic rings. The Balaban J connectivity index is 1.41. The van der Waals surface area contributed by atoms with Crippen LogP contribution in [0.4, 0.5) is 0 Å². The minimum atomic E-state index is -0.0242. The van der Waals surface area contributed by atoms with Crippen molar-refractivity contribution in [2.45, 2.75) is 32.7 Å². The number of likely N-dealkylation sites (tertiary alicyclic amines) is 1. The first kappa shape index (κ1) is 20.3. The highest BCUT2D eigenvalue weighted by Crippen LogP contribution is 2.27. The molecular formula is C24H31N3O. The molecule has 1 atom stereocenters. The molecule has 3 rings (SSSR count). The number of carbonyl (C=O) groups excluding carboxylic acids is 1. The standard InChI is InChI=1S/C24H31N3O/c1-2-22(18-26-24(28)11-10-20-9-6-14-25-17-20)23-12-15-27(16-13-23)19-21-7-4-3-5-8-21/h3-11,14,17,22-23H,2,12-13,15-16,18-19H2,1H3,(H,26,28)/b11-10-. The number of benzene rings is 1. The number of rotatable bonds is 8. The molecule has 148 valence electrons. The summed E-state index contributed by atoms with van der Waals surface area (Å²) in [5.74, 6) is 1.22. The van der Waals surface area contributed by atoms with E-state index in [1.165, 1.54) is 18.4 Å². The Morgan fingerprint density at radius 2 is 2.00 bits per heavy atom. The highest BCUT2D eigenvalue weighted by Gasteiger charge is 2.25. The zero-order chi connectivity index (χ0) is 19.6. The predicted octanol–water partition coefficient (Wildman–Crippen LogP) is 4.15. The maximum absolute atomic E-state index is 12.1. The Kier molecular flexibility index (Phi) is 7.80. The maximum Gasteiger partial charge on any atom is 0.244 e. The number of pyridine rings is 1. The fraction of sp³-hybridized carbons (Fsp3) is 0.417. The number of amides is 1. The van der Waals surface area contributed by atoms with Crippen LogP contribution >= 0.6 is 0 Å². The first-order chi connectivity index (χ1) is 13.7. The number of carbonyl (C=O) groups is 1. The van der Waals surface area contributed by atoms with E-state index in [0.29, 0.717) is 11.8 Å². The lowest BCUT2D eigenvalue weighted by Crippen LogP contribution is -2.39. The second-order valence-electron chi connectivity index (χ2n) is 7.63. The second kappa shape index (κ2) is 10.8. The molecule has 4 nitrogen and oxygen atoms in total. The first-order valence-electron chi connectivity index (χ1n) is 10.4. The summed E-state index contributed by atoms with van der Waals surface area (Å²) < 4.78 is 0. The van der Waals surface area contributed by atoms with Gasteiger partial charge in [0, 0.05) is 31.6 Å². The summed E-state index contributed by atoms with van der Waals surface area (Å²) in [4.78, 5) is 18.8. The van der Waals surface area contributed by atoms with Gasteiger partial charge in [-0.05, 0) is 61.0 Å². The van der Waals surface area contributed by atoms with Crippen LogP contribution < -0.4 is 5.32 Å². The van der Waals surface area contributed by atoms with Crippen LogP contribution in [-0.4, -0.2) is 35.4 Å². The number of aromatic nitrogens is 1. The SMILES string of the molecule is CCC(CNC(=O)/C=C\c1cccnc1)C1CCN(Cc2ccccc2)CC1. The second-order valence-corrected chi connectivity index (χ2v) is 7.63. The van der Waals surface area contributed by atoms with E-state index in [1.807, 2.05) is 18.2 Å². The number of hydrogen-bond donors (Lipinski definition) is 1. The number of hydrogen-bond acceptors (Lipinski definition) is 3. The first-order valence-corrected chi connectivity index (χ1v) is 10.4. The Hall–Kier alpha value is -2.46. The average Bonchev–Trinajstić information content (AvgIpc) is 2.75. The summed E-state index contributed by atoms with van der Waals surface area (Å²) in [5.41, 5.74) is 2.33. The van der Waals surface area contributed by atoms with E-state index in [2.05, 4.69) is 52.5 Å². The number of nitrogens with zero attached hydrogens (tertiary/aromatic N) is 2. The van der Waals surface area contributed by atoms with E-state index in [-0.39, 0.29) is 5.91 Å². The maximum atomic E-state index is 12.1. The van der Waals surface area contributed by atoms with Gasteiger partial charge in [0.2, 0.25) is 5.91 Å². The smallest absolute Gasteiger partial charge is 0.244 e. The van der Waals surface area contributed by atoms with Crippen molar-refractivity contribution in [2.75, 3.05) is 19.6 Å². The van der Waals surface area contributed by atoms with E-state index in [4.69, 9.17) is 0 Å². The summed E-state index contributed by atoms with van der Waals surface area (Å²) in [7, 11) is 0. The summed E-state index contributed by atoms with van der Waals surface area (Å²) in [6.45, 7) is 6.32. The van der Waals surface area contributed by atoms with Crippen molar-refractivity contribution >= 4 is 12.0 Å². The van der Waals surface area contributed by atoms with Crippen molar-refractivity contribution in [2.24, 2.45) is 11.8 Å². The summed E-state index contributed by atoms with van der Waals surface area (Å²) in [5, 5.41) is 3.09. The Morgan fingerprint density at radius 1 is 1.21 bits per heavy atom. The molecule has 1 aliphatic heterocycles. The quantitative estimate of drug-likeness (QED) is 0.703. The molecule has 1 aliphatic rings. The summed E-state index contributed by atoms with van der Waals surface area (Å²) in [6, 6.07) is 14.5. The Morgan fingerprint density at radius 3 is 2.68 bits per heavy atom. The monoisotopic (exact) mass is 377 g/mol. The third-order valence-electron chi connectivity index (χ3n) is 5.72. The van der Waals surface area contributed by atoms with E-state index in [9.17, 15) is 4.79 Å². The van der Waals surface area contributed by atoms with Gasteiger partial charge in [0.05, 0.1) is 0 Å². The molecule has 28 heavy (non-hydrogen) atoms. The average molecular weight is 378 g/mol. The molecule has 1 fully saturated rings. The number of nitrogens with one attached hydrogen (secondary N) is 1. The van der Waals surface area contributed by atoms with Gasteiger partial charge < -0.3 is 5.32 Å². The fourth-order valence-corrected chi connectivity index (χ4v) is 4.01. The van der Waals surface area contributed by atoms with E-state index in [0.717, 1.165) is 38.2 Å². The highest BCUT2D eigenvalue weighted by molar-refractivity contribution is 5.91. The van der Waals surface area contributed by atoms with Crippen LogP contribution in [-0.2, 0) is 11.3 Å². The topological polar surface area (TPSA) is 45.2 Å². The van der Waals surface area contributed by atoms with Crippen molar-refractivity contribution in [3.63, 3.8) is 0 Å². The van der Waals surface area contributed by atoms with Gasteiger partial charge in [-0.2, -0.15) is 0 Å². The molecule has 0 aliphatic carbocycles. The molecule has 1 unspecified atom stereocenters. The van der Waals surface area contributed by atoms with Gasteiger partial charge in [-0.25, -0.2) is 0 Å². The van der Waals surface area contributed by atoms with Crippen molar-refractivity contribution in [3.05, 3.63) is 72.1 Å². The lowest BCUT2D eigenvalue weighted by Gasteiger charge is -2.36. The van der Waals surface area contributed by atoms with Crippen LogP contribution in [0, 0.1) is 11.8 Å². The third kappa shape index (κ3) is 6.31. The largest absolute Gasteiger partial charge is 0.352 e. The van der Waals surface area contributed by atoms with Crippen LogP contribution in [0.2, 0.25) is 0 Å². The molecule has 1 aromatic carbocycles. The molecule has 2 heterocycles. The molecule has 0 radical (unpaired) electrons. The van der Waals surface area contributed by atoms with Gasteiger partial charge >= 0.3 is 0 Å². The van der Waals surface area contributed by atoms with Crippen molar-refractivity contribution in [3.8, 4) is 0 Å². The Bertz CT molecular complexity index is 737. The molecule has 0 saturated carbocycles. The Labute approximate surface area is 168 Å². The van der Waals surface area contributed by atoms with Crippen LogP contribution in [0.15, 0.2) is 60.9 Å². The fourth-order valence-electron chi connectivity index (χ4n) is 4.01. The van der Waals surface area contributed by atoms with Crippen LogP contribution in [0.3, 0.4) is 0 Å². The zero-order valence-corrected chi connectivity index (χ0v) is 16.8. The van der Waals surface area contributed by atoms with Gasteiger partial charge in [0.25, 0.3) is 0 Å². The van der Waals surface area contributed by atoms with Crippen molar-refractivity contribution < 1.29 is 4.79 Å². The molecular weight excluding hydrogens is 346 g/mol. The minimum Gasteiger partial charge on any atom is -0.352 e. The molecule has 1 amide bonds. The third-order valence-corrected chi connectivity index (χ3v) is 5.72. The molecule has 4 heteroatoms. The zero-order valence-electron chi connectivity index (χ0n) is 16.8. The van der Waals surface area contributed by atoms with E-state index >= 15 is 0 Å². The van der Waals surface area contributed by atoms with Crippen LogP contribution in [0.1, 0.15) is 37.3 Å². The van der Waals surface area contributed by atoms with E-state index < -0.39 is 0 Å². The molecule has 1 N–H and O–H groups in total. The normalized spacial score (nSPS) is 16.9. The van der Waals surface area contributed by atoms with Crippen LogP contribution in [0.5, 0.6) is 0 Å². The molecule has 0 bridgehead atoms. The summed E-state index contributed by atoms with van der Waals surface area (Å²) in [6.07, 6.45) is 10.4. The molecule has 1 aromatic heterocycles. The highest BCUT2D eigenvalue weighted by atomic mass is 16.1. The van der Waals surface area contributed by atoms with Gasteiger partial charge in [0.15, 0.2) is 0 Å². The van der Waals surface area contributed by atoms with Crippen molar-refractivity contribution in [1.29, 1.82) is 0 Å². The molecule has 1 saturated heterocycles. The van der Waals surface area contributed by atoms with Crippen molar-refractivity contribution in [1.82, 2.24) is 15.2 Å². The predicted molar refractivity (Wildman–Crippen MR) is 115 cm³/mol. The van der Waals surface area contributed by atoms with E-state index in [1.54, 1.807) is 18.5 Å². The molecule has 0 spiro atoms. The van der Waals surface area contributed by atoms with Gasteiger partial charge in [-0.1, -0.05) is 49.7 Å². The van der Waals surface area contributed by atoms with Gasteiger partial charge in [0.1, 0.15) is 0 Å². The summed E-state index contributed by atoms with van der Waals surface area (Å²) >= 11 is 0. The minimum absolute atomic E-state index is 0.0242. The number of piperidine rings is 1.